The van der Waals surface area contributed by atoms with Crippen molar-refractivity contribution in [3.63, 3.8) is 0 Å². The molecule has 18 nitrogen and oxygen atoms in total. The summed E-state index contributed by atoms with van der Waals surface area (Å²) in [5.74, 6) is -6.53. The van der Waals surface area contributed by atoms with Gasteiger partial charge in [-0.05, 0) is 53.9 Å². The summed E-state index contributed by atoms with van der Waals surface area (Å²) in [7, 11) is 0. The number of carbonyl (C=O) groups is 6. The Hall–Kier alpha value is -4.89. The van der Waals surface area contributed by atoms with Crippen LogP contribution in [0.3, 0.4) is 0 Å². The van der Waals surface area contributed by atoms with E-state index in [2.05, 4.69) is 42.0 Å². The summed E-state index contributed by atoms with van der Waals surface area (Å²) in [6, 6.07) is 1.12. The molecule has 2 aromatic rings. The average molecular weight is 771 g/mol. The number of benzene rings is 1. The first-order chi connectivity index (χ1) is 22.5. The number of carboxylic acids is 2. The Balaban J connectivity index is 1.37. The zero-order valence-electron chi connectivity index (χ0n) is 25.0. The number of aliphatic carboxylic acids is 2. The molecule has 0 spiro atoms. The minimum Gasteiger partial charge on any atom is -0.504 e. The Bertz CT molecular complexity index is 1740. The predicted octanol–water partition coefficient (Wildman–Crippen LogP) is 0.158. The number of amides is 4. The third kappa shape index (κ3) is 7.80. The number of aromatic hydroxyl groups is 2. The lowest BCUT2D eigenvalue weighted by molar-refractivity contribution is -0.161. The Labute approximate surface area is 287 Å². The number of phenolic OH excluding ortho intramolecular Hbond substituents is 2. The molecule has 2 aliphatic rings. The number of halogens is 1. The van der Waals surface area contributed by atoms with Gasteiger partial charge in [0, 0.05) is 23.2 Å². The zero-order valence-corrected chi connectivity index (χ0v) is 28.2. The van der Waals surface area contributed by atoms with Crippen molar-refractivity contribution in [1.29, 1.82) is 0 Å². The summed E-state index contributed by atoms with van der Waals surface area (Å²) in [5, 5.41) is 50.3. The van der Waals surface area contributed by atoms with Crippen molar-refractivity contribution in [3.05, 3.63) is 44.5 Å². The summed E-state index contributed by atoms with van der Waals surface area (Å²) < 4.78 is 0.0770. The highest BCUT2D eigenvalue weighted by molar-refractivity contribution is 9.10. The largest absolute Gasteiger partial charge is 0.504 e. The van der Waals surface area contributed by atoms with Crippen LogP contribution in [-0.4, -0.2) is 107 Å². The second-order valence-corrected chi connectivity index (χ2v) is 13.5. The maximum absolute atomic E-state index is 13.2. The van der Waals surface area contributed by atoms with Crippen molar-refractivity contribution in [2.75, 3.05) is 24.6 Å². The topological polar surface area (TPSA) is 283 Å². The van der Waals surface area contributed by atoms with Crippen molar-refractivity contribution >= 4 is 85.4 Å². The number of thioether (sulfide) groups is 1. The number of fused-ring (bicyclic) bond motifs is 1. The number of thiazole rings is 1. The van der Waals surface area contributed by atoms with E-state index in [1.807, 2.05) is 0 Å². The van der Waals surface area contributed by atoms with Crippen LogP contribution in [-0.2, 0) is 28.8 Å². The van der Waals surface area contributed by atoms with Crippen molar-refractivity contribution < 1.29 is 54.0 Å². The van der Waals surface area contributed by atoms with E-state index in [0.717, 1.165) is 22.3 Å². The molecular formula is C27H28BrN7O11S2. The van der Waals surface area contributed by atoms with E-state index < -0.39 is 76.3 Å². The van der Waals surface area contributed by atoms with Gasteiger partial charge < -0.3 is 46.9 Å². The highest BCUT2D eigenvalue weighted by Crippen LogP contribution is 2.41. The van der Waals surface area contributed by atoms with Gasteiger partial charge in [0.15, 0.2) is 22.3 Å². The van der Waals surface area contributed by atoms with Gasteiger partial charge in [0.25, 0.3) is 17.7 Å². The molecule has 3 heterocycles. The van der Waals surface area contributed by atoms with Crippen LogP contribution in [0, 0.1) is 0 Å². The number of nitrogen functional groups attached to an aromatic ring is 1. The van der Waals surface area contributed by atoms with Gasteiger partial charge in [-0.15, -0.1) is 23.1 Å². The molecule has 256 valence electrons. The Morgan fingerprint density at radius 2 is 1.90 bits per heavy atom. The van der Waals surface area contributed by atoms with Crippen LogP contribution in [0.5, 0.6) is 11.5 Å². The summed E-state index contributed by atoms with van der Waals surface area (Å²) in [6.45, 7) is 1.96. The van der Waals surface area contributed by atoms with E-state index in [0.29, 0.717) is 5.57 Å². The zero-order chi connectivity index (χ0) is 35.5. The van der Waals surface area contributed by atoms with Crippen molar-refractivity contribution in [2.45, 2.75) is 37.3 Å². The second kappa shape index (κ2) is 14.5. The molecule has 0 unspecified atom stereocenters. The number of nitrogens with zero attached hydrogens (tertiary/aromatic N) is 3. The Morgan fingerprint density at radius 3 is 2.50 bits per heavy atom. The monoisotopic (exact) mass is 769 g/mol. The van der Waals surface area contributed by atoms with Crippen LogP contribution in [0.15, 0.2) is 38.4 Å². The molecule has 4 amide bonds. The first-order valence-corrected chi connectivity index (χ1v) is 16.4. The van der Waals surface area contributed by atoms with Crippen molar-refractivity contribution in [3.8, 4) is 11.5 Å². The second-order valence-electron chi connectivity index (χ2n) is 10.6. The van der Waals surface area contributed by atoms with Gasteiger partial charge in [0.2, 0.25) is 11.5 Å². The number of anilines is 1. The third-order valence-corrected chi connectivity index (χ3v) is 9.48. The van der Waals surface area contributed by atoms with Crippen LogP contribution in [0.25, 0.3) is 0 Å². The van der Waals surface area contributed by atoms with E-state index in [9.17, 15) is 49.2 Å². The number of nitrogens with two attached hydrogens (primary N) is 1. The van der Waals surface area contributed by atoms with Crippen molar-refractivity contribution in [2.24, 2.45) is 5.16 Å². The molecule has 0 saturated carbocycles. The Kier molecular flexibility index (Phi) is 10.8. The lowest BCUT2D eigenvalue weighted by atomic mass is 10.0. The molecule has 1 aromatic carbocycles. The highest BCUT2D eigenvalue weighted by Gasteiger charge is 2.54. The van der Waals surface area contributed by atoms with Crippen LogP contribution in [0.4, 0.5) is 5.13 Å². The number of nitrogens with one attached hydrogen (secondary N) is 3. The highest BCUT2D eigenvalue weighted by atomic mass is 79.9. The van der Waals surface area contributed by atoms with E-state index in [4.69, 9.17) is 10.6 Å². The van der Waals surface area contributed by atoms with Gasteiger partial charge in [-0.2, -0.15) is 0 Å². The number of rotatable bonds is 13. The number of carboxylic acid groups (broad SMARTS) is 2. The molecule has 4 rings (SSSR count). The van der Waals surface area contributed by atoms with Crippen LogP contribution >= 0.6 is 39.0 Å². The van der Waals surface area contributed by atoms with Crippen LogP contribution < -0.4 is 21.7 Å². The molecular weight excluding hydrogens is 742 g/mol. The minimum atomic E-state index is -1.81. The first kappa shape index (κ1) is 36.0. The average Bonchev–Trinajstić information content (AvgIpc) is 3.45. The molecule has 1 fully saturated rings. The maximum atomic E-state index is 13.2. The number of oxime groups is 1. The van der Waals surface area contributed by atoms with E-state index in [1.165, 1.54) is 37.1 Å². The number of hydrogen-bond donors (Lipinski definition) is 8. The molecule has 48 heavy (non-hydrogen) atoms. The standard InChI is InChI=1S/C27H28BrN7O11S2/c1-27(2,25(44)45)46-34-16(13-9-48-26(29)32-13)21(40)33-17-22(41)35-18(24(42)43)10(8-47-23(17)35)3-4-30-15(37)7-31-20(39)11-5-12(28)19(38)14(36)6-11/h5-6,9,17,23,36,38H,3-4,7-8H2,1-2H3,(H2,29,32)(H,30,37)(H,31,39)(H,33,40)(H,42,43)(H,44,45)/b34-16-/t17-,23-/m1/s1. The molecule has 0 radical (unpaired) electrons. The summed E-state index contributed by atoms with van der Waals surface area (Å²) in [4.78, 5) is 84.8. The number of aromatic nitrogens is 1. The SMILES string of the molecule is CC(C)(O/N=C(\C(=O)N[C@@H]1C(=O)N2C(C(=O)O)=C(CCNC(=O)CNC(=O)c3cc(O)c(O)c(Br)c3)CS[C@H]12)c1csc(N)n1)C(=O)O. The summed E-state index contributed by atoms with van der Waals surface area (Å²) in [5.41, 5.74) is 3.43. The predicted molar refractivity (Wildman–Crippen MR) is 173 cm³/mol. The number of hydrogen-bond acceptors (Lipinski definition) is 14. The van der Waals surface area contributed by atoms with E-state index in [1.54, 1.807) is 0 Å². The fourth-order valence-corrected chi connectivity index (χ4v) is 6.66. The Morgan fingerprint density at radius 1 is 1.19 bits per heavy atom. The fraction of sp³-hybridized carbons (Fsp3) is 0.333. The molecule has 1 saturated heterocycles. The number of phenols is 2. The van der Waals surface area contributed by atoms with Crippen LogP contribution in [0.2, 0.25) is 0 Å². The smallest absolute Gasteiger partial charge is 0.352 e. The number of carbonyl (C=O) groups excluding carboxylic acids is 4. The molecule has 1 aromatic heterocycles. The lowest BCUT2D eigenvalue weighted by Gasteiger charge is -2.49. The summed E-state index contributed by atoms with van der Waals surface area (Å²) >= 11 is 5.16. The van der Waals surface area contributed by atoms with E-state index in [-0.39, 0.29) is 45.3 Å². The summed E-state index contributed by atoms with van der Waals surface area (Å²) in [6.07, 6.45) is 0.0549. The first-order valence-electron chi connectivity index (χ1n) is 13.7. The molecule has 21 heteroatoms. The van der Waals surface area contributed by atoms with Gasteiger partial charge >= 0.3 is 11.9 Å². The van der Waals surface area contributed by atoms with Gasteiger partial charge in [0.05, 0.1) is 11.0 Å². The van der Waals surface area contributed by atoms with E-state index >= 15 is 0 Å². The number of β-lactam (4-membered cyclic amide) rings is 1. The normalized spacial score (nSPS) is 17.6. The lowest BCUT2D eigenvalue weighted by Crippen LogP contribution is -2.71. The van der Waals surface area contributed by atoms with Gasteiger partial charge in [-0.25, -0.2) is 14.6 Å². The molecule has 9 N–H and O–H groups in total. The minimum absolute atomic E-state index is 0.0180. The quantitative estimate of drug-likeness (QED) is 0.0583. The molecule has 0 bridgehead atoms. The maximum Gasteiger partial charge on any atom is 0.352 e. The van der Waals surface area contributed by atoms with Gasteiger partial charge in [0.1, 0.15) is 22.8 Å². The molecule has 0 aliphatic carbocycles. The van der Waals surface area contributed by atoms with Crippen molar-refractivity contribution in [1.82, 2.24) is 25.8 Å². The molecule has 2 aliphatic heterocycles. The molecule has 2 atom stereocenters. The third-order valence-electron chi connectivity index (χ3n) is 6.86. The fourth-order valence-electron chi connectivity index (χ4n) is 4.28. The van der Waals surface area contributed by atoms with Gasteiger partial charge in [-0.3, -0.25) is 24.1 Å². The van der Waals surface area contributed by atoms with Crippen LogP contribution in [0.1, 0.15) is 36.3 Å². The van der Waals surface area contributed by atoms with Gasteiger partial charge in [-0.1, -0.05) is 5.16 Å².